The molecule has 0 aliphatic carbocycles. The number of carbonyl (C=O) groups is 4. The number of aliphatic hydroxyl groups is 1. The predicted octanol–water partition coefficient (Wildman–Crippen LogP) is 23.8. The monoisotopic (exact) mass is 1520 g/mol. The first-order chi connectivity index (χ1) is 51.7. The van der Waals surface area contributed by atoms with Crippen LogP contribution in [-0.2, 0) is 65.4 Å². The molecule has 0 saturated carbocycles. The van der Waals surface area contributed by atoms with E-state index in [0.29, 0.717) is 32.1 Å². The number of hydrogen-bond acceptors (Lipinski definition) is 15. The highest BCUT2D eigenvalue weighted by Crippen LogP contribution is 2.45. The number of carbonyl (C=O) groups excluding carboxylic acids is 4. The van der Waals surface area contributed by atoms with E-state index in [9.17, 15) is 43.2 Å². The molecule has 0 rings (SSSR count). The van der Waals surface area contributed by atoms with E-state index in [1.54, 1.807) is 0 Å². The Hall–Kier alpha value is -5.58. The summed E-state index contributed by atoms with van der Waals surface area (Å²) < 4.78 is 68.6. The van der Waals surface area contributed by atoms with E-state index in [-0.39, 0.29) is 25.7 Å². The number of allylic oxidation sites excluding steroid dienone is 28. The van der Waals surface area contributed by atoms with Crippen LogP contribution in [-0.4, -0.2) is 96.7 Å². The zero-order valence-corrected chi connectivity index (χ0v) is 67.6. The molecule has 19 heteroatoms. The van der Waals surface area contributed by atoms with E-state index >= 15 is 0 Å². The van der Waals surface area contributed by atoms with E-state index in [0.717, 1.165) is 212 Å². The predicted molar refractivity (Wildman–Crippen MR) is 436 cm³/mol. The summed E-state index contributed by atoms with van der Waals surface area (Å²) in [7, 11) is -10.0. The van der Waals surface area contributed by atoms with Crippen LogP contribution in [0.4, 0.5) is 0 Å². The van der Waals surface area contributed by atoms with Crippen LogP contribution in [0.25, 0.3) is 0 Å². The molecular formula is C87H142O17P2. The molecule has 0 aromatic carbocycles. The summed E-state index contributed by atoms with van der Waals surface area (Å²) in [5.74, 6) is -2.29. The van der Waals surface area contributed by atoms with Crippen molar-refractivity contribution in [2.24, 2.45) is 0 Å². The van der Waals surface area contributed by atoms with Gasteiger partial charge in [-0.3, -0.25) is 37.3 Å². The lowest BCUT2D eigenvalue weighted by Gasteiger charge is -2.21. The van der Waals surface area contributed by atoms with Gasteiger partial charge in [-0.2, -0.15) is 0 Å². The molecule has 0 spiro atoms. The molecule has 0 aromatic rings. The van der Waals surface area contributed by atoms with Gasteiger partial charge in [-0.1, -0.05) is 281 Å². The lowest BCUT2D eigenvalue weighted by atomic mass is 10.1. The number of unbranched alkanes of at least 4 members (excludes halogenated alkanes) is 20. The first kappa shape index (κ1) is 100. The third-order valence-electron chi connectivity index (χ3n) is 16.1. The van der Waals surface area contributed by atoms with Crippen molar-refractivity contribution >= 4 is 39.5 Å². The maximum atomic E-state index is 13.1. The maximum Gasteiger partial charge on any atom is 0.472 e. The van der Waals surface area contributed by atoms with Crippen molar-refractivity contribution in [2.75, 3.05) is 39.6 Å². The van der Waals surface area contributed by atoms with Crippen molar-refractivity contribution in [3.63, 3.8) is 0 Å². The average molecular weight is 1520 g/mol. The van der Waals surface area contributed by atoms with Gasteiger partial charge < -0.3 is 33.8 Å². The van der Waals surface area contributed by atoms with E-state index < -0.39 is 97.5 Å². The molecule has 106 heavy (non-hydrogen) atoms. The van der Waals surface area contributed by atoms with Crippen LogP contribution in [0.15, 0.2) is 170 Å². The van der Waals surface area contributed by atoms with Gasteiger partial charge in [-0.15, -0.1) is 0 Å². The second kappa shape index (κ2) is 77.6. The molecule has 0 aliphatic heterocycles. The molecule has 3 N–H and O–H groups in total. The highest BCUT2D eigenvalue weighted by atomic mass is 31.2. The highest BCUT2D eigenvalue weighted by molar-refractivity contribution is 7.47. The SMILES string of the molecule is CC/C=C\C/C=C\C/C=C\C/C=C\C/C=C\CCCC(=O)OC(COC(=O)CCCCCCCC/C=C\C/C=C\C/C=C\C/C=C\CC)COP(=O)(O)OCC(O)COP(=O)(O)OCC(COC(=O)CCCCCCCCC/C=C\C/C=C\C/C=C\CC)OC(=O)CCCCCCC/C=C\C/C=C\CCC. The number of phosphoric acid groups is 2. The number of phosphoric ester groups is 2. The third kappa shape index (κ3) is 76.6. The van der Waals surface area contributed by atoms with Crippen LogP contribution in [0.1, 0.15) is 297 Å². The van der Waals surface area contributed by atoms with Gasteiger partial charge in [0.25, 0.3) is 0 Å². The number of hydrogen-bond donors (Lipinski definition) is 3. The lowest BCUT2D eigenvalue weighted by molar-refractivity contribution is -0.161. The standard InChI is InChI=1S/C87H142O17P2/c1-5-9-13-17-21-25-29-33-36-39-40-43-45-49-52-56-60-64-68-72-85(90)98-78-83(104-87(92)74-70-66-62-58-54-50-46-42-38-35-31-27-23-19-15-11-7-3)80-102-106(95,96)100-76-81(88)75-99-105(93,94)101-79-82(103-86(91)73-69-65-61-57-53-47-32-28-24-20-16-12-8-4)77-97-84(89)71-67-63-59-55-51-48-44-41-37-34-30-26-22-18-14-10-6-2/h9-11,13-16,20-23,25-28,32-38,40,43,46,50,58,62,81-83,88H,5-8,12,17-19,24,29-31,39,41-42,44-45,47-49,51-57,59-61,63-80H2,1-4H3,(H,93,94)(H,95,96)/b13-9-,14-10-,15-11-,20-16-,25-21-,26-22-,27-23-,32-28-,36-33-,37-34-,38-35-,43-40-,50-46-,62-58-. The quantitative estimate of drug-likeness (QED) is 0.0169. The first-order valence-corrected chi connectivity index (χ1v) is 43.4. The Kier molecular flexibility index (Phi) is 73.5. The first-order valence-electron chi connectivity index (χ1n) is 40.4. The number of esters is 4. The molecule has 0 heterocycles. The molecule has 0 aliphatic rings. The molecule has 17 nitrogen and oxygen atoms in total. The van der Waals surface area contributed by atoms with Gasteiger partial charge in [-0.25, -0.2) is 9.13 Å². The van der Waals surface area contributed by atoms with Crippen molar-refractivity contribution < 1.29 is 80.2 Å². The number of rotatable bonds is 74. The van der Waals surface area contributed by atoms with Gasteiger partial charge in [0.05, 0.1) is 26.4 Å². The van der Waals surface area contributed by atoms with Crippen LogP contribution >= 0.6 is 15.6 Å². The van der Waals surface area contributed by atoms with E-state index in [4.69, 9.17) is 37.0 Å². The normalized spacial score (nSPS) is 14.7. The van der Waals surface area contributed by atoms with Gasteiger partial charge in [0.2, 0.25) is 0 Å². The fourth-order valence-corrected chi connectivity index (χ4v) is 11.7. The Morgan fingerprint density at radius 1 is 0.274 bits per heavy atom. The van der Waals surface area contributed by atoms with Gasteiger partial charge in [0.15, 0.2) is 12.2 Å². The van der Waals surface area contributed by atoms with Crippen molar-refractivity contribution in [3.05, 3.63) is 170 Å². The molecule has 5 unspecified atom stereocenters. The summed E-state index contributed by atoms with van der Waals surface area (Å²) in [6, 6.07) is 0. The lowest BCUT2D eigenvalue weighted by Crippen LogP contribution is -2.30. The topological polar surface area (TPSA) is 237 Å². The Balaban J connectivity index is 5.44. The Bertz CT molecular complexity index is 2680. The molecule has 0 saturated heterocycles. The van der Waals surface area contributed by atoms with Gasteiger partial charge in [0.1, 0.15) is 19.3 Å². The second-order valence-corrected chi connectivity index (χ2v) is 29.1. The fraction of sp³-hybridized carbons (Fsp3) is 0.632. The summed E-state index contributed by atoms with van der Waals surface area (Å²) in [5.41, 5.74) is 0. The minimum atomic E-state index is -5.01. The Labute approximate surface area is 642 Å². The van der Waals surface area contributed by atoms with Crippen molar-refractivity contribution in [1.29, 1.82) is 0 Å². The molecule has 0 fully saturated rings. The van der Waals surface area contributed by atoms with E-state index in [2.05, 4.69) is 186 Å². The molecule has 5 atom stereocenters. The number of ether oxygens (including phenoxy) is 4. The Morgan fingerprint density at radius 2 is 0.500 bits per heavy atom. The Morgan fingerprint density at radius 3 is 0.792 bits per heavy atom. The molecule has 0 radical (unpaired) electrons. The molecule has 0 bridgehead atoms. The summed E-state index contributed by atoms with van der Waals surface area (Å²) in [4.78, 5) is 73.1. The van der Waals surface area contributed by atoms with E-state index in [1.807, 2.05) is 12.2 Å². The third-order valence-corrected chi connectivity index (χ3v) is 18.0. The van der Waals surface area contributed by atoms with Gasteiger partial charge in [-0.05, 0) is 161 Å². The van der Waals surface area contributed by atoms with Crippen LogP contribution in [0, 0.1) is 0 Å². The van der Waals surface area contributed by atoms with Crippen molar-refractivity contribution in [3.8, 4) is 0 Å². The average Bonchev–Trinajstić information content (AvgIpc) is 0.899. The zero-order valence-electron chi connectivity index (χ0n) is 65.8. The van der Waals surface area contributed by atoms with Crippen LogP contribution < -0.4 is 0 Å². The van der Waals surface area contributed by atoms with Gasteiger partial charge in [0, 0.05) is 25.7 Å². The fourth-order valence-electron chi connectivity index (χ4n) is 10.1. The van der Waals surface area contributed by atoms with E-state index in [1.165, 1.54) is 0 Å². The molecule has 0 aromatic heterocycles. The van der Waals surface area contributed by atoms with Crippen molar-refractivity contribution in [1.82, 2.24) is 0 Å². The maximum absolute atomic E-state index is 13.1. The van der Waals surface area contributed by atoms with Crippen molar-refractivity contribution in [2.45, 2.75) is 316 Å². The summed E-state index contributed by atoms with van der Waals surface area (Å²) >= 11 is 0. The summed E-state index contributed by atoms with van der Waals surface area (Å²) in [6.45, 7) is 4.36. The molecular weight excluding hydrogens is 1380 g/mol. The minimum absolute atomic E-state index is 0.00698. The number of aliphatic hydroxyl groups excluding tert-OH is 1. The summed E-state index contributed by atoms with van der Waals surface area (Å²) in [5, 5.41) is 10.6. The smallest absolute Gasteiger partial charge is 0.462 e. The van der Waals surface area contributed by atoms with Crippen LogP contribution in [0.5, 0.6) is 0 Å². The largest absolute Gasteiger partial charge is 0.472 e. The zero-order chi connectivity index (χ0) is 77.4. The second-order valence-electron chi connectivity index (χ2n) is 26.2. The van der Waals surface area contributed by atoms with Gasteiger partial charge >= 0.3 is 39.5 Å². The molecule has 602 valence electrons. The van der Waals surface area contributed by atoms with Crippen LogP contribution in [0.3, 0.4) is 0 Å². The molecule has 0 amide bonds. The minimum Gasteiger partial charge on any atom is -0.462 e. The summed E-state index contributed by atoms with van der Waals surface area (Å²) in [6.07, 6.45) is 91.9. The van der Waals surface area contributed by atoms with Crippen LogP contribution in [0.2, 0.25) is 0 Å². The highest BCUT2D eigenvalue weighted by Gasteiger charge is 2.30.